The maximum atomic E-state index is 12.5. The van der Waals surface area contributed by atoms with Crippen LogP contribution in [-0.4, -0.2) is 41.2 Å². The Labute approximate surface area is 175 Å². The smallest absolute Gasteiger partial charge is 0.337 e. The number of aromatic hydroxyl groups is 1. The third-order valence-corrected chi connectivity index (χ3v) is 5.49. The minimum absolute atomic E-state index is 0.0998. The van der Waals surface area contributed by atoms with E-state index in [-0.39, 0.29) is 21.7 Å². The van der Waals surface area contributed by atoms with Crippen LogP contribution < -0.4 is 0 Å². The van der Waals surface area contributed by atoms with Gasteiger partial charge in [0.25, 0.3) is 5.91 Å². The van der Waals surface area contributed by atoms with Gasteiger partial charge in [0, 0.05) is 7.05 Å². The second-order valence-electron chi connectivity index (χ2n) is 5.74. The summed E-state index contributed by atoms with van der Waals surface area (Å²) >= 11 is 13.1. The predicted octanol–water partition coefficient (Wildman–Crippen LogP) is 4.72. The number of carbonyl (C=O) groups excluding carboxylic acids is 2. The highest BCUT2D eigenvalue weighted by atomic mass is 35.5. The Morgan fingerprint density at radius 3 is 2.39 bits per heavy atom. The zero-order valence-electron chi connectivity index (χ0n) is 14.8. The highest BCUT2D eigenvalue weighted by Gasteiger charge is 2.30. The van der Waals surface area contributed by atoms with E-state index in [0.29, 0.717) is 26.9 Å². The van der Waals surface area contributed by atoms with Crippen molar-refractivity contribution in [2.75, 3.05) is 14.2 Å². The number of hydrogen-bond donors (Lipinski definition) is 1. The quantitative estimate of drug-likeness (QED) is 0.556. The first-order chi connectivity index (χ1) is 13.3. The summed E-state index contributed by atoms with van der Waals surface area (Å²) in [6, 6.07) is 9.57. The van der Waals surface area contributed by atoms with Crippen LogP contribution >= 0.6 is 35.0 Å². The van der Waals surface area contributed by atoms with Crippen molar-refractivity contribution in [3.63, 3.8) is 0 Å². The molecule has 0 unspecified atom stereocenters. The van der Waals surface area contributed by atoms with Gasteiger partial charge in [-0.2, -0.15) is 0 Å². The van der Waals surface area contributed by atoms with Crippen LogP contribution in [0.1, 0.15) is 15.9 Å². The number of esters is 1. The Bertz CT molecular complexity index is 996. The number of methoxy groups -OCH3 is 1. The lowest BCUT2D eigenvalue weighted by molar-refractivity contribution is -0.121. The van der Waals surface area contributed by atoms with Gasteiger partial charge in [-0.05, 0) is 59.8 Å². The van der Waals surface area contributed by atoms with E-state index >= 15 is 0 Å². The minimum atomic E-state index is -0.432. The number of phenols is 1. The Morgan fingerprint density at radius 2 is 1.82 bits per heavy atom. The predicted molar refractivity (Wildman–Crippen MR) is 111 cm³/mol. The molecule has 0 saturated carbocycles. The summed E-state index contributed by atoms with van der Waals surface area (Å²) in [6.45, 7) is 0. The summed E-state index contributed by atoms with van der Waals surface area (Å²) in [7, 11) is 2.93. The van der Waals surface area contributed by atoms with Crippen LogP contribution in [0.25, 0.3) is 6.08 Å². The van der Waals surface area contributed by atoms with Gasteiger partial charge in [0.1, 0.15) is 0 Å². The van der Waals surface area contributed by atoms with Crippen LogP contribution in [0.3, 0.4) is 0 Å². The number of hydrogen-bond acceptors (Lipinski definition) is 6. The molecule has 1 aliphatic rings. The summed E-state index contributed by atoms with van der Waals surface area (Å²) < 4.78 is 4.66. The normalized spacial score (nSPS) is 16.9. The van der Waals surface area contributed by atoms with E-state index in [0.717, 1.165) is 0 Å². The number of phenolic OH excluding ortho intramolecular Hbond substituents is 1. The number of thioether (sulfide) groups is 1. The first-order valence-corrected chi connectivity index (χ1v) is 9.50. The summed E-state index contributed by atoms with van der Waals surface area (Å²) in [5, 5.41) is 10.3. The van der Waals surface area contributed by atoms with E-state index in [1.807, 2.05) is 0 Å². The molecule has 1 amide bonds. The standard InChI is InChI=1S/C19H14Cl2N2O4S/c1-23-17(25)15(9-10-7-13(20)16(24)14(21)8-10)28-19(23)22-12-5-3-11(4-6-12)18(26)27-2/h3-9,24H,1-2H3/b15-9+,22-19?. The molecular formula is C19H14Cl2N2O4S. The molecule has 1 heterocycles. The summed E-state index contributed by atoms with van der Waals surface area (Å²) in [5.41, 5.74) is 1.59. The molecule has 3 rings (SSSR count). The summed E-state index contributed by atoms with van der Waals surface area (Å²) in [4.78, 5) is 30.3. The number of ether oxygens (including phenoxy) is 1. The number of amides is 1. The molecule has 1 N–H and O–H groups in total. The van der Waals surface area contributed by atoms with E-state index in [2.05, 4.69) is 9.73 Å². The van der Waals surface area contributed by atoms with Crippen molar-refractivity contribution in [2.24, 2.45) is 4.99 Å². The van der Waals surface area contributed by atoms with Crippen molar-refractivity contribution in [1.29, 1.82) is 0 Å². The van der Waals surface area contributed by atoms with E-state index < -0.39 is 5.97 Å². The molecule has 0 aromatic heterocycles. The lowest BCUT2D eigenvalue weighted by Gasteiger charge is -2.07. The molecule has 0 bridgehead atoms. The zero-order chi connectivity index (χ0) is 20.4. The van der Waals surface area contributed by atoms with Gasteiger partial charge in [-0.25, -0.2) is 9.79 Å². The second kappa shape index (κ2) is 8.26. The van der Waals surface area contributed by atoms with Crippen LogP contribution in [0.2, 0.25) is 10.0 Å². The number of rotatable bonds is 3. The first-order valence-electron chi connectivity index (χ1n) is 7.93. The molecule has 6 nitrogen and oxygen atoms in total. The molecule has 28 heavy (non-hydrogen) atoms. The molecule has 0 radical (unpaired) electrons. The highest BCUT2D eigenvalue weighted by Crippen LogP contribution is 2.36. The number of halogens is 2. The molecule has 1 saturated heterocycles. The maximum Gasteiger partial charge on any atom is 0.337 e. The fraction of sp³-hybridized carbons (Fsp3) is 0.105. The number of aliphatic imine (C=N–C) groups is 1. The van der Waals surface area contributed by atoms with Crippen LogP contribution in [0.15, 0.2) is 46.3 Å². The van der Waals surface area contributed by atoms with E-state index in [1.165, 1.54) is 35.9 Å². The average Bonchev–Trinajstić information content (AvgIpc) is 2.94. The largest absolute Gasteiger partial charge is 0.505 e. The summed E-state index contributed by atoms with van der Waals surface area (Å²) in [5.74, 6) is -0.862. The summed E-state index contributed by atoms with van der Waals surface area (Å²) in [6.07, 6.45) is 1.63. The van der Waals surface area contributed by atoms with Crippen molar-refractivity contribution in [1.82, 2.24) is 4.90 Å². The Kier molecular flexibility index (Phi) is 5.98. The third-order valence-electron chi connectivity index (χ3n) is 3.85. The van der Waals surface area contributed by atoms with Gasteiger partial charge in [0.05, 0.1) is 33.3 Å². The van der Waals surface area contributed by atoms with Gasteiger partial charge in [-0.1, -0.05) is 23.2 Å². The van der Waals surface area contributed by atoms with Gasteiger partial charge in [0.15, 0.2) is 10.9 Å². The second-order valence-corrected chi connectivity index (χ2v) is 7.56. The average molecular weight is 437 g/mol. The first kappa shape index (κ1) is 20.3. The number of benzene rings is 2. The third kappa shape index (κ3) is 4.16. The Morgan fingerprint density at radius 1 is 1.21 bits per heavy atom. The SMILES string of the molecule is COC(=O)c1ccc(N=C2S/C(=C/c3cc(Cl)c(O)c(Cl)c3)C(=O)N2C)cc1. The molecule has 0 spiro atoms. The number of likely N-dealkylation sites (N-methyl/N-ethyl adjacent to an activating group) is 1. The fourth-order valence-electron chi connectivity index (χ4n) is 2.37. The molecule has 144 valence electrons. The van der Waals surface area contributed by atoms with Gasteiger partial charge < -0.3 is 9.84 Å². The minimum Gasteiger partial charge on any atom is -0.505 e. The molecule has 0 atom stereocenters. The van der Waals surface area contributed by atoms with Crippen molar-refractivity contribution >= 4 is 63.8 Å². The van der Waals surface area contributed by atoms with Gasteiger partial charge >= 0.3 is 5.97 Å². The van der Waals surface area contributed by atoms with Crippen LogP contribution in [0.4, 0.5) is 5.69 Å². The number of amidine groups is 1. The van der Waals surface area contributed by atoms with E-state index in [1.54, 1.807) is 37.4 Å². The molecular weight excluding hydrogens is 423 g/mol. The molecule has 2 aromatic carbocycles. The monoisotopic (exact) mass is 436 g/mol. The van der Waals surface area contributed by atoms with Crippen LogP contribution in [0.5, 0.6) is 5.75 Å². The van der Waals surface area contributed by atoms with Crippen molar-refractivity contribution < 1.29 is 19.4 Å². The van der Waals surface area contributed by atoms with E-state index in [9.17, 15) is 14.7 Å². The maximum absolute atomic E-state index is 12.5. The molecule has 1 fully saturated rings. The Balaban J connectivity index is 1.87. The molecule has 2 aromatic rings. The van der Waals surface area contributed by atoms with Gasteiger partial charge in [-0.3, -0.25) is 9.69 Å². The number of carbonyl (C=O) groups is 2. The van der Waals surface area contributed by atoms with Crippen molar-refractivity contribution in [3.8, 4) is 5.75 Å². The highest BCUT2D eigenvalue weighted by molar-refractivity contribution is 8.18. The van der Waals surface area contributed by atoms with E-state index in [4.69, 9.17) is 23.2 Å². The Hall–Kier alpha value is -2.48. The molecule has 1 aliphatic heterocycles. The topological polar surface area (TPSA) is 79.2 Å². The van der Waals surface area contributed by atoms with Crippen molar-refractivity contribution in [3.05, 3.63) is 62.5 Å². The zero-order valence-corrected chi connectivity index (χ0v) is 17.1. The van der Waals surface area contributed by atoms with Crippen molar-refractivity contribution in [2.45, 2.75) is 0 Å². The molecule has 9 heteroatoms. The fourth-order valence-corrected chi connectivity index (χ4v) is 3.86. The van der Waals surface area contributed by atoms with Gasteiger partial charge in [-0.15, -0.1) is 0 Å². The molecule has 0 aliphatic carbocycles. The van der Waals surface area contributed by atoms with Crippen LogP contribution in [-0.2, 0) is 9.53 Å². The van der Waals surface area contributed by atoms with Crippen LogP contribution in [0, 0.1) is 0 Å². The van der Waals surface area contributed by atoms with Gasteiger partial charge in [0.2, 0.25) is 0 Å². The number of nitrogens with zero attached hydrogens (tertiary/aromatic N) is 2. The lowest BCUT2D eigenvalue weighted by atomic mass is 10.2. The lowest BCUT2D eigenvalue weighted by Crippen LogP contribution is -2.23.